The van der Waals surface area contributed by atoms with Gasteiger partial charge in [0, 0.05) is 11.1 Å². The third kappa shape index (κ3) is 4.49. The van der Waals surface area contributed by atoms with E-state index in [1.807, 2.05) is 29.1 Å². The van der Waals surface area contributed by atoms with Crippen LogP contribution in [0.1, 0.15) is 39.2 Å². The summed E-state index contributed by atoms with van der Waals surface area (Å²) in [6.45, 7) is 0.687. The number of anilines is 2. The number of nitrogens with one attached hydrogen (secondary N) is 2. The Hall–Kier alpha value is -2.71. The summed E-state index contributed by atoms with van der Waals surface area (Å²) < 4.78 is 6.86. The minimum Gasteiger partial charge on any atom is -0.465 e. The Morgan fingerprint density at radius 3 is 2.83 bits per heavy atom. The van der Waals surface area contributed by atoms with E-state index < -0.39 is 0 Å². The van der Waals surface area contributed by atoms with Gasteiger partial charge in [0.05, 0.1) is 31.1 Å². The van der Waals surface area contributed by atoms with Crippen molar-refractivity contribution in [2.45, 2.75) is 32.2 Å². The number of ether oxygens (including phenoxy) is 1. The molecular formula is C21H22N4O2S2. The van der Waals surface area contributed by atoms with Gasteiger partial charge in [-0.3, -0.25) is 4.68 Å². The fourth-order valence-electron chi connectivity index (χ4n) is 3.52. The van der Waals surface area contributed by atoms with Crippen LogP contribution in [0.5, 0.6) is 0 Å². The van der Waals surface area contributed by atoms with Crippen molar-refractivity contribution in [3.8, 4) is 0 Å². The van der Waals surface area contributed by atoms with Crippen molar-refractivity contribution >= 4 is 45.3 Å². The molecule has 3 aromatic rings. The monoisotopic (exact) mass is 426 g/mol. The summed E-state index contributed by atoms with van der Waals surface area (Å²) in [6, 6.07) is 10.1. The van der Waals surface area contributed by atoms with Gasteiger partial charge < -0.3 is 15.4 Å². The number of carbonyl (C=O) groups excluding carboxylic acids is 1. The average molecular weight is 427 g/mol. The molecule has 0 atom stereocenters. The van der Waals surface area contributed by atoms with Gasteiger partial charge in [0.25, 0.3) is 0 Å². The van der Waals surface area contributed by atoms with Crippen LogP contribution < -0.4 is 10.6 Å². The number of aromatic nitrogens is 2. The van der Waals surface area contributed by atoms with Gasteiger partial charge in [-0.1, -0.05) is 30.3 Å². The third-order valence-electron chi connectivity index (χ3n) is 4.87. The van der Waals surface area contributed by atoms with Crippen molar-refractivity contribution in [1.82, 2.24) is 9.78 Å². The molecule has 0 aliphatic heterocycles. The van der Waals surface area contributed by atoms with E-state index in [2.05, 4.69) is 27.9 Å². The summed E-state index contributed by atoms with van der Waals surface area (Å²) >= 11 is 7.07. The number of aryl methyl sites for hydroxylation is 1. The largest absolute Gasteiger partial charge is 0.465 e. The molecule has 2 heterocycles. The van der Waals surface area contributed by atoms with E-state index in [9.17, 15) is 4.79 Å². The lowest BCUT2D eigenvalue weighted by molar-refractivity contribution is 0.0601. The molecule has 1 aliphatic rings. The molecule has 4 rings (SSSR count). The predicted octanol–water partition coefficient (Wildman–Crippen LogP) is 4.47. The maximum Gasteiger partial charge on any atom is 0.341 e. The number of benzene rings is 1. The van der Waals surface area contributed by atoms with Gasteiger partial charge in [0.15, 0.2) is 5.11 Å². The third-order valence-corrected chi connectivity index (χ3v) is 6.28. The average Bonchev–Trinajstić information content (AvgIpc) is 3.31. The number of nitrogens with zero attached hydrogens (tertiary/aromatic N) is 2. The molecule has 1 aliphatic carbocycles. The summed E-state index contributed by atoms with van der Waals surface area (Å²) in [5.41, 5.74) is 3.69. The predicted molar refractivity (Wildman–Crippen MR) is 120 cm³/mol. The zero-order chi connectivity index (χ0) is 20.2. The van der Waals surface area contributed by atoms with Crippen molar-refractivity contribution in [3.63, 3.8) is 0 Å². The quantitative estimate of drug-likeness (QED) is 0.464. The molecule has 0 amide bonds. The van der Waals surface area contributed by atoms with Crippen LogP contribution in [-0.2, 0) is 24.1 Å². The molecule has 0 saturated heterocycles. The Morgan fingerprint density at radius 1 is 1.24 bits per heavy atom. The van der Waals surface area contributed by atoms with Gasteiger partial charge in [-0.25, -0.2) is 4.79 Å². The first-order valence-electron chi connectivity index (χ1n) is 9.51. The van der Waals surface area contributed by atoms with Gasteiger partial charge in [-0.2, -0.15) is 5.10 Å². The van der Waals surface area contributed by atoms with E-state index in [1.54, 1.807) is 17.5 Å². The number of methoxy groups -OCH3 is 1. The van der Waals surface area contributed by atoms with Crippen LogP contribution in [-0.4, -0.2) is 28.0 Å². The minimum absolute atomic E-state index is 0.314. The standard InChI is InChI=1S/C21H22N4O2S2/c1-27-20(26)18-16-9-5-6-10-17(16)29-19(18)24-21(28)23-15-11-22-25(13-15)12-14-7-3-2-4-8-14/h2-4,7-8,11,13H,5-6,9-10,12H2,1H3,(H2,23,24,28). The second kappa shape index (κ2) is 8.75. The molecule has 29 heavy (non-hydrogen) atoms. The molecular weight excluding hydrogens is 404 g/mol. The summed E-state index contributed by atoms with van der Waals surface area (Å²) in [6.07, 6.45) is 7.79. The minimum atomic E-state index is -0.314. The van der Waals surface area contributed by atoms with Crippen molar-refractivity contribution in [3.05, 3.63) is 64.3 Å². The maximum absolute atomic E-state index is 12.4. The number of thiophene rings is 1. The lowest BCUT2D eigenvalue weighted by Crippen LogP contribution is -2.20. The Labute approximate surface area is 178 Å². The number of hydrogen-bond acceptors (Lipinski definition) is 5. The van der Waals surface area contributed by atoms with Crippen LogP contribution in [0.4, 0.5) is 10.7 Å². The Morgan fingerprint density at radius 2 is 2.03 bits per heavy atom. The van der Waals surface area contributed by atoms with E-state index in [1.165, 1.54) is 17.6 Å². The highest BCUT2D eigenvalue weighted by atomic mass is 32.1. The van der Waals surface area contributed by atoms with Crippen LogP contribution in [0.15, 0.2) is 42.7 Å². The molecule has 0 radical (unpaired) electrons. The number of hydrogen-bond donors (Lipinski definition) is 2. The number of thiocarbonyl (C=S) groups is 1. The van der Waals surface area contributed by atoms with Gasteiger partial charge in [-0.15, -0.1) is 11.3 Å². The molecule has 0 unspecified atom stereocenters. The molecule has 0 fully saturated rings. The second-order valence-electron chi connectivity index (χ2n) is 6.90. The van der Waals surface area contributed by atoms with E-state index in [0.717, 1.165) is 41.9 Å². The first-order valence-corrected chi connectivity index (χ1v) is 10.7. The van der Waals surface area contributed by atoms with Gasteiger partial charge in [-0.05, 0) is 49.0 Å². The van der Waals surface area contributed by atoms with Crippen molar-refractivity contribution < 1.29 is 9.53 Å². The second-order valence-corrected chi connectivity index (χ2v) is 8.41. The number of fused-ring (bicyclic) bond motifs is 1. The van der Waals surface area contributed by atoms with Crippen LogP contribution >= 0.6 is 23.6 Å². The van der Waals surface area contributed by atoms with Gasteiger partial charge >= 0.3 is 5.97 Å². The number of esters is 1. The highest BCUT2D eigenvalue weighted by Gasteiger charge is 2.26. The fourth-order valence-corrected chi connectivity index (χ4v) is 5.09. The van der Waals surface area contributed by atoms with Crippen molar-refractivity contribution in [1.29, 1.82) is 0 Å². The molecule has 2 N–H and O–H groups in total. The topological polar surface area (TPSA) is 68.2 Å². The molecule has 6 nitrogen and oxygen atoms in total. The molecule has 0 bridgehead atoms. The number of rotatable bonds is 5. The van der Waals surface area contributed by atoms with E-state index in [4.69, 9.17) is 17.0 Å². The lowest BCUT2D eigenvalue weighted by atomic mass is 9.95. The van der Waals surface area contributed by atoms with E-state index >= 15 is 0 Å². The molecule has 8 heteroatoms. The fraction of sp³-hybridized carbons (Fsp3) is 0.286. The van der Waals surface area contributed by atoms with Crippen LogP contribution in [0.2, 0.25) is 0 Å². The summed E-state index contributed by atoms with van der Waals surface area (Å²) in [5, 5.41) is 11.9. The van der Waals surface area contributed by atoms with Crippen LogP contribution in [0.25, 0.3) is 0 Å². The van der Waals surface area contributed by atoms with E-state index in [0.29, 0.717) is 17.2 Å². The highest BCUT2D eigenvalue weighted by Crippen LogP contribution is 2.38. The Balaban J connectivity index is 1.45. The lowest BCUT2D eigenvalue weighted by Gasteiger charge is -2.12. The SMILES string of the molecule is COC(=O)c1c(NC(=S)Nc2cnn(Cc3ccccc3)c2)sc2c1CCCC2. The normalized spacial score (nSPS) is 12.9. The maximum atomic E-state index is 12.4. The van der Waals surface area contributed by atoms with Crippen molar-refractivity contribution in [2.75, 3.05) is 17.7 Å². The molecule has 1 aromatic carbocycles. The summed E-state index contributed by atoms with van der Waals surface area (Å²) in [7, 11) is 1.41. The highest BCUT2D eigenvalue weighted by molar-refractivity contribution is 7.80. The van der Waals surface area contributed by atoms with Crippen molar-refractivity contribution in [2.24, 2.45) is 0 Å². The molecule has 150 valence electrons. The zero-order valence-electron chi connectivity index (χ0n) is 16.1. The first-order chi connectivity index (χ1) is 14.1. The molecule has 0 saturated carbocycles. The van der Waals surface area contributed by atoms with Crippen LogP contribution in [0.3, 0.4) is 0 Å². The van der Waals surface area contributed by atoms with E-state index in [-0.39, 0.29) is 5.97 Å². The smallest absolute Gasteiger partial charge is 0.341 e. The Bertz CT molecular complexity index is 1030. The Kier molecular flexibility index (Phi) is 5.92. The zero-order valence-corrected chi connectivity index (χ0v) is 17.7. The first kappa shape index (κ1) is 19.6. The van der Waals surface area contributed by atoms with Crippen LogP contribution in [0, 0.1) is 0 Å². The molecule has 0 spiro atoms. The molecule has 2 aromatic heterocycles. The van der Waals surface area contributed by atoms with Gasteiger partial charge in [0.1, 0.15) is 5.00 Å². The summed E-state index contributed by atoms with van der Waals surface area (Å²) in [4.78, 5) is 13.6. The van der Waals surface area contributed by atoms with Gasteiger partial charge in [0.2, 0.25) is 0 Å². The number of carbonyl (C=O) groups is 1. The summed E-state index contributed by atoms with van der Waals surface area (Å²) in [5.74, 6) is -0.314.